The molecule has 4 rings (SSSR count). The second-order valence-electron chi connectivity index (χ2n) is 10.1. The summed E-state index contributed by atoms with van der Waals surface area (Å²) in [5.74, 6) is -3.14. The van der Waals surface area contributed by atoms with E-state index in [0.29, 0.717) is 24.5 Å². The molecule has 3 N–H and O–H groups in total. The van der Waals surface area contributed by atoms with E-state index in [2.05, 4.69) is 57.3 Å². The molecule has 14 heteroatoms. The van der Waals surface area contributed by atoms with Crippen LogP contribution in [0.4, 0.5) is 18.9 Å². The molecule has 0 spiro atoms. The lowest BCUT2D eigenvalue weighted by Crippen LogP contribution is -2.56. The first kappa shape index (κ1) is 35.8. The fraction of sp³-hybridized carbons (Fsp3) is 0.387. The van der Waals surface area contributed by atoms with Crippen molar-refractivity contribution in [3.8, 4) is 0 Å². The van der Waals surface area contributed by atoms with Crippen LogP contribution in [-0.2, 0) is 38.5 Å². The molecule has 1 aliphatic rings. The van der Waals surface area contributed by atoms with Gasteiger partial charge in [-0.15, -0.1) is 11.3 Å². The van der Waals surface area contributed by atoms with E-state index in [1.165, 1.54) is 23.2 Å². The number of hydrogen-bond acceptors (Lipinski definition) is 7. The van der Waals surface area contributed by atoms with E-state index in [1.807, 2.05) is 17.0 Å². The third kappa shape index (κ3) is 12.0. The number of methoxy groups -OCH3 is 1. The van der Waals surface area contributed by atoms with Gasteiger partial charge in [-0.25, -0.2) is 4.79 Å². The van der Waals surface area contributed by atoms with Gasteiger partial charge in [0.2, 0.25) is 11.8 Å². The number of carbonyl (C=O) groups is 3. The number of rotatable bonds is 12. The van der Waals surface area contributed by atoms with Gasteiger partial charge in [-0.2, -0.15) is 13.2 Å². The van der Waals surface area contributed by atoms with Crippen molar-refractivity contribution in [3.63, 3.8) is 0 Å². The molecule has 0 aliphatic carbocycles. The van der Waals surface area contributed by atoms with Crippen molar-refractivity contribution in [1.82, 2.24) is 15.5 Å². The molecule has 0 unspecified atom stereocenters. The molecule has 3 aromatic rings. The molecule has 0 radical (unpaired) electrons. The van der Waals surface area contributed by atoms with Gasteiger partial charge >= 0.3 is 12.1 Å². The average Bonchev–Trinajstić information content (AvgIpc) is 3.54. The molecule has 45 heavy (non-hydrogen) atoms. The maximum absolute atomic E-state index is 13.5. The Bertz CT molecular complexity index is 1370. The summed E-state index contributed by atoms with van der Waals surface area (Å²) in [5.41, 5.74) is 3.39. The van der Waals surface area contributed by atoms with Crippen LogP contribution in [0.3, 0.4) is 0 Å². The van der Waals surface area contributed by atoms with Crippen LogP contribution in [0.1, 0.15) is 16.0 Å². The summed E-state index contributed by atoms with van der Waals surface area (Å²) in [6.45, 7) is 4.30. The van der Waals surface area contributed by atoms with E-state index >= 15 is 0 Å². The minimum atomic E-state index is -5.08. The van der Waals surface area contributed by atoms with Crippen LogP contribution in [0.5, 0.6) is 0 Å². The van der Waals surface area contributed by atoms with E-state index < -0.39 is 18.2 Å². The number of ether oxygens (including phenoxy) is 1. The number of carbonyl (C=O) groups excluding carboxylic acids is 2. The number of hydrogen-bond donors (Lipinski definition) is 3. The van der Waals surface area contributed by atoms with Gasteiger partial charge in [0.25, 0.3) is 0 Å². The molecule has 2 heterocycles. The highest BCUT2D eigenvalue weighted by Gasteiger charge is 2.38. The van der Waals surface area contributed by atoms with Crippen molar-refractivity contribution in [1.29, 1.82) is 0 Å². The zero-order valence-electron chi connectivity index (χ0n) is 24.7. The quantitative estimate of drug-likeness (QED) is 0.246. The van der Waals surface area contributed by atoms with Crippen molar-refractivity contribution in [2.75, 3.05) is 51.3 Å². The SMILES string of the molecule is COCC(=O)N[C@H](Cc1ccc(Cl)cc1)C(=O)N1CCN(c2ccccc2CNCCc2cccs2)CC1.O=C(O)C(F)(F)F. The molecule has 244 valence electrons. The van der Waals surface area contributed by atoms with Gasteiger partial charge in [-0.1, -0.05) is 48.0 Å². The van der Waals surface area contributed by atoms with Gasteiger partial charge in [0.05, 0.1) is 0 Å². The highest BCUT2D eigenvalue weighted by atomic mass is 35.5. The molecule has 1 aliphatic heterocycles. The van der Waals surface area contributed by atoms with Crippen molar-refractivity contribution in [3.05, 3.63) is 87.1 Å². The Morgan fingerprint density at radius 2 is 1.69 bits per heavy atom. The van der Waals surface area contributed by atoms with Crippen molar-refractivity contribution >= 4 is 46.4 Å². The summed E-state index contributed by atoms with van der Waals surface area (Å²) in [4.78, 5) is 40.3. The second kappa shape index (κ2) is 17.7. The monoisotopic (exact) mass is 668 g/mol. The Hall–Kier alpha value is -3.65. The van der Waals surface area contributed by atoms with Gasteiger partial charge in [-0.05, 0) is 47.2 Å². The summed E-state index contributed by atoms with van der Waals surface area (Å²) < 4.78 is 36.7. The number of aliphatic carboxylic acids is 1. The van der Waals surface area contributed by atoms with Crippen molar-refractivity contribution in [2.45, 2.75) is 31.6 Å². The Morgan fingerprint density at radius 1 is 1.02 bits per heavy atom. The number of nitrogens with one attached hydrogen (secondary N) is 2. The molecule has 0 saturated carbocycles. The van der Waals surface area contributed by atoms with E-state index in [0.717, 1.165) is 38.2 Å². The highest BCUT2D eigenvalue weighted by molar-refractivity contribution is 7.09. The molecule has 2 aromatic carbocycles. The highest BCUT2D eigenvalue weighted by Crippen LogP contribution is 2.23. The minimum Gasteiger partial charge on any atom is -0.475 e. The number of amides is 2. The summed E-state index contributed by atoms with van der Waals surface area (Å²) >= 11 is 7.81. The van der Waals surface area contributed by atoms with E-state index in [4.69, 9.17) is 26.2 Å². The molecule has 1 fully saturated rings. The average molecular weight is 669 g/mol. The number of carboxylic acid groups (broad SMARTS) is 1. The predicted molar refractivity (Wildman–Crippen MR) is 168 cm³/mol. The number of para-hydroxylation sites is 1. The van der Waals surface area contributed by atoms with Gasteiger partial charge in [0.15, 0.2) is 0 Å². The number of thiophene rings is 1. The first-order chi connectivity index (χ1) is 21.5. The Balaban J connectivity index is 0.000000707. The van der Waals surface area contributed by atoms with Crippen LogP contribution in [-0.4, -0.2) is 86.4 Å². The standard InChI is InChI=1S/C29H35ClN4O3S.C2HF3O2/c1-37-21-28(35)32-26(19-22-8-10-24(30)11-9-22)29(36)34-16-14-33(15-17-34)27-7-3-2-5-23(27)20-31-13-12-25-6-4-18-38-25;3-2(4,5)1(6)7/h2-11,18,26,31H,12-17,19-21H2,1H3,(H,32,35);(H,6,7)/t26-;/m1./s1. The first-order valence-corrected chi connectivity index (χ1v) is 15.4. The molecule has 1 aromatic heterocycles. The fourth-order valence-corrected chi connectivity index (χ4v) is 5.50. The maximum Gasteiger partial charge on any atom is 0.490 e. The van der Waals surface area contributed by atoms with Crippen molar-refractivity contribution in [2.24, 2.45) is 0 Å². The van der Waals surface area contributed by atoms with Gasteiger partial charge < -0.3 is 30.3 Å². The number of benzene rings is 2. The lowest BCUT2D eigenvalue weighted by atomic mass is 10.0. The van der Waals surface area contributed by atoms with Crippen LogP contribution < -0.4 is 15.5 Å². The zero-order valence-corrected chi connectivity index (χ0v) is 26.3. The molecule has 9 nitrogen and oxygen atoms in total. The number of halogens is 4. The Labute approximate surface area is 268 Å². The van der Waals surface area contributed by atoms with Crippen LogP contribution >= 0.6 is 22.9 Å². The second-order valence-corrected chi connectivity index (χ2v) is 11.6. The summed E-state index contributed by atoms with van der Waals surface area (Å²) in [6, 6.07) is 19.4. The van der Waals surface area contributed by atoms with Crippen LogP contribution in [0.2, 0.25) is 5.02 Å². The van der Waals surface area contributed by atoms with Crippen LogP contribution in [0.15, 0.2) is 66.0 Å². The maximum atomic E-state index is 13.5. The number of alkyl halides is 3. The third-order valence-electron chi connectivity index (χ3n) is 6.87. The molecule has 1 saturated heterocycles. The van der Waals surface area contributed by atoms with Gasteiger partial charge in [0.1, 0.15) is 12.6 Å². The summed E-state index contributed by atoms with van der Waals surface area (Å²) in [5, 5.41) is 16.3. The van der Waals surface area contributed by atoms with E-state index in [9.17, 15) is 22.8 Å². The van der Waals surface area contributed by atoms with Crippen molar-refractivity contribution < 1.29 is 37.4 Å². The fourth-order valence-electron chi connectivity index (χ4n) is 4.67. The summed E-state index contributed by atoms with van der Waals surface area (Å²) in [7, 11) is 1.46. The molecule has 0 bridgehead atoms. The van der Waals surface area contributed by atoms with Gasteiger partial charge in [-0.3, -0.25) is 9.59 Å². The first-order valence-electron chi connectivity index (χ1n) is 14.2. The normalized spacial score (nSPS) is 13.9. The van der Waals surface area contributed by atoms with Gasteiger partial charge in [0, 0.05) is 68.4 Å². The largest absolute Gasteiger partial charge is 0.490 e. The molecular weight excluding hydrogens is 633 g/mol. The number of anilines is 1. The summed E-state index contributed by atoms with van der Waals surface area (Å²) in [6.07, 6.45) is -3.66. The number of nitrogens with zero attached hydrogens (tertiary/aromatic N) is 2. The predicted octanol–water partition coefficient (Wildman–Crippen LogP) is 4.39. The third-order valence-corrected chi connectivity index (χ3v) is 8.06. The molecule has 2 amide bonds. The van der Waals surface area contributed by atoms with E-state index in [1.54, 1.807) is 23.5 Å². The van der Waals surface area contributed by atoms with Crippen LogP contribution in [0, 0.1) is 0 Å². The smallest absolute Gasteiger partial charge is 0.475 e. The van der Waals surface area contributed by atoms with E-state index in [-0.39, 0.29) is 18.4 Å². The Kier molecular flexibility index (Phi) is 14.1. The lowest BCUT2D eigenvalue weighted by molar-refractivity contribution is -0.192. The minimum absolute atomic E-state index is 0.0763. The topological polar surface area (TPSA) is 111 Å². The van der Waals surface area contributed by atoms with Crippen LogP contribution in [0.25, 0.3) is 0 Å². The zero-order chi connectivity index (χ0) is 32.8. The Morgan fingerprint density at radius 3 is 2.29 bits per heavy atom. The number of carboxylic acids is 1. The lowest BCUT2D eigenvalue weighted by Gasteiger charge is -2.38. The molecular formula is C31H36ClF3N4O5S. The molecule has 1 atom stereocenters. The number of piperazine rings is 1.